The van der Waals surface area contributed by atoms with E-state index in [2.05, 4.69) is 18.0 Å². The summed E-state index contributed by atoms with van der Waals surface area (Å²) >= 11 is 2.64. The van der Waals surface area contributed by atoms with Gasteiger partial charge in [0.25, 0.3) is 0 Å². The van der Waals surface area contributed by atoms with Gasteiger partial charge in [-0.15, -0.1) is 11.3 Å². The number of hydrogen-bond donors (Lipinski definition) is 1. The minimum absolute atomic E-state index is 0.0715. The van der Waals surface area contributed by atoms with Crippen LogP contribution in [0.15, 0.2) is 52.0 Å². The monoisotopic (exact) mass is 404 g/mol. The van der Waals surface area contributed by atoms with Gasteiger partial charge in [0, 0.05) is 10.6 Å². The Bertz CT molecular complexity index is 819. The quantitative estimate of drug-likeness (QED) is 0.524. The molecular weight excluding hydrogens is 384 g/mol. The number of rotatable bonds is 8. The van der Waals surface area contributed by atoms with Gasteiger partial charge in [0.1, 0.15) is 6.61 Å². The van der Waals surface area contributed by atoms with Crippen LogP contribution in [0, 0.1) is 11.3 Å². The lowest BCUT2D eigenvalue weighted by molar-refractivity contribution is -0.140. The number of nitriles is 1. The predicted octanol–water partition coefficient (Wildman–Crippen LogP) is 3.47. The molecule has 0 saturated heterocycles. The molecule has 0 saturated carbocycles. The minimum atomic E-state index is -0.543. The van der Waals surface area contributed by atoms with Gasteiger partial charge >= 0.3 is 11.9 Å². The van der Waals surface area contributed by atoms with Crippen LogP contribution in [0.25, 0.3) is 0 Å². The first-order chi connectivity index (χ1) is 13.0. The Balaban J connectivity index is 2.40. The Morgan fingerprint density at radius 1 is 1.48 bits per heavy atom. The summed E-state index contributed by atoms with van der Waals surface area (Å²) in [6.07, 6.45) is 1.49. The molecule has 1 aromatic rings. The van der Waals surface area contributed by atoms with E-state index in [9.17, 15) is 14.9 Å². The Labute approximate surface area is 166 Å². The van der Waals surface area contributed by atoms with E-state index < -0.39 is 11.9 Å². The zero-order valence-electron chi connectivity index (χ0n) is 15.1. The predicted molar refractivity (Wildman–Crippen MR) is 106 cm³/mol. The first kappa shape index (κ1) is 20.8. The fraction of sp³-hybridized carbons (Fsp3) is 0.316. The molecule has 1 N–H and O–H groups in total. The van der Waals surface area contributed by atoms with Crippen LogP contribution in [0.4, 0.5) is 0 Å². The SMILES string of the molecule is C=CCOC(=O)C1=C(C)NC(SCC(=O)OCC)=C(C#N)C1c1cccs1. The van der Waals surface area contributed by atoms with Crippen LogP contribution >= 0.6 is 23.1 Å². The maximum absolute atomic E-state index is 12.6. The largest absolute Gasteiger partial charge is 0.465 e. The summed E-state index contributed by atoms with van der Waals surface area (Å²) < 4.78 is 10.2. The van der Waals surface area contributed by atoms with E-state index in [4.69, 9.17) is 9.47 Å². The van der Waals surface area contributed by atoms with E-state index in [1.807, 2.05) is 17.5 Å². The molecule has 1 aliphatic rings. The molecular formula is C19H20N2O4S2. The van der Waals surface area contributed by atoms with Crippen LogP contribution in [0.1, 0.15) is 24.6 Å². The molecule has 1 unspecified atom stereocenters. The summed E-state index contributed by atoms with van der Waals surface area (Å²) in [7, 11) is 0. The third-order valence-electron chi connectivity index (χ3n) is 3.67. The molecule has 1 atom stereocenters. The highest BCUT2D eigenvalue weighted by Gasteiger charge is 2.36. The molecule has 0 aliphatic carbocycles. The highest BCUT2D eigenvalue weighted by atomic mass is 32.2. The van der Waals surface area contributed by atoms with Gasteiger partial charge < -0.3 is 14.8 Å². The number of ether oxygens (including phenoxy) is 2. The van der Waals surface area contributed by atoms with Gasteiger partial charge in [0.2, 0.25) is 0 Å². The van der Waals surface area contributed by atoms with E-state index >= 15 is 0 Å². The van der Waals surface area contributed by atoms with E-state index in [0.717, 1.165) is 4.88 Å². The Kier molecular flexibility index (Phi) is 7.70. The van der Waals surface area contributed by atoms with E-state index in [1.54, 1.807) is 13.8 Å². The molecule has 27 heavy (non-hydrogen) atoms. The number of dihydropyridines is 1. The first-order valence-electron chi connectivity index (χ1n) is 8.25. The average Bonchev–Trinajstić information content (AvgIpc) is 3.18. The molecule has 142 valence electrons. The van der Waals surface area contributed by atoms with Crippen molar-refractivity contribution in [3.63, 3.8) is 0 Å². The third kappa shape index (κ3) is 5.02. The van der Waals surface area contributed by atoms with Gasteiger partial charge in [-0.1, -0.05) is 30.5 Å². The molecule has 1 aromatic heterocycles. The van der Waals surface area contributed by atoms with Gasteiger partial charge in [-0.3, -0.25) is 4.79 Å². The van der Waals surface area contributed by atoms with Crippen molar-refractivity contribution in [3.8, 4) is 6.07 Å². The average molecular weight is 405 g/mol. The number of carbonyl (C=O) groups is 2. The van der Waals surface area contributed by atoms with Gasteiger partial charge in [-0.2, -0.15) is 5.26 Å². The third-order valence-corrected chi connectivity index (χ3v) is 5.59. The maximum Gasteiger partial charge on any atom is 0.337 e. The number of allylic oxidation sites excluding steroid dienone is 2. The topological polar surface area (TPSA) is 88.4 Å². The van der Waals surface area contributed by atoms with Gasteiger partial charge in [0.05, 0.1) is 40.5 Å². The summed E-state index contributed by atoms with van der Waals surface area (Å²) in [5, 5.41) is 15.3. The van der Waals surface area contributed by atoms with E-state index in [1.165, 1.54) is 29.2 Å². The molecule has 0 aromatic carbocycles. The fourth-order valence-electron chi connectivity index (χ4n) is 2.58. The minimum Gasteiger partial charge on any atom is -0.465 e. The number of carbonyl (C=O) groups excluding carboxylic acids is 2. The van der Waals surface area contributed by atoms with Gasteiger partial charge in [-0.05, 0) is 25.3 Å². The highest BCUT2D eigenvalue weighted by Crippen LogP contribution is 2.42. The van der Waals surface area contributed by atoms with Gasteiger partial charge in [-0.25, -0.2) is 4.79 Å². The van der Waals surface area contributed by atoms with Crippen LogP contribution in [0.3, 0.4) is 0 Å². The van der Waals surface area contributed by atoms with Crippen molar-refractivity contribution in [2.75, 3.05) is 19.0 Å². The number of nitrogens with one attached hydrogen (secondary N) is 1. The molecule has 6 nitrogen and oxygen atoms in total. The lowest BCUT2D eigenvalue weighted by Crippen LogP contribution is -2.29. The fourth-order valence-corrected chi connectivity index (χ4v) is 4.32. The van der Waals surface area contributed by atoms with Crippen LogP contribution in [-0.4, -0.2) is 30.9 Å². The van der Waals surface area contributed by atoms with Crippen LogP contribution in [-0.2, 0) is 19.1 Å². The normalized spacial score (nSPS) is 16.4. The number of esters is 2. The summed E-state index contributed by atoms with van der Waals surface area (Å²) in [6, 6.07) is 5.94. The summed E-state index contributed by atoms with van der Waals surface area (Å²) in [5.41, 5.74) is 1.35. The zero-order chi connectivity index (χ0) is 19.8. The lowest BCUT2D eigenvalue weighted by Gasteiger charge is -2.28. The van der Waals surface area contributed by atoms with Crippen molar-refractivity contribution < 1.29 is 19.1 Å². The maximum atomic E-state index is 12.6. The molecule has 8 heteroatoms. The second kappa shape index (κ2) is 10.00. The van der Waals surface area contributed by atoms with Crippen LogP contribution in [0.5, 0.6) is 0 Å². The van der Waals surface area contributed by atoms with Crippen molar-refractivity contribution in [2.45, 2.75) is 19.8 Å². The molecule has 0 fully saturated rings. The number of thiophene rings is 1. The molecule has 0 spiro atoms. The smallest absolute Gasteiger partial charge is 0.337 e. The summed E-state index contributed by atoms with van der Waals surface area (Å²) in [4.78, 5) is 25.2. The van der Waals surface area contributed by atoms with E-state index in [-0.39, 0.29) is 18.3 Å². The molecule has 0 bridgehead atoms. The van der Waals surface area contributed by atoms with Crippen molar-refractivity contribution in [3.05, 3.63) is 56.9 Å². The second-order valence-corrected chi connectivity index (χ2v) is 7.41. The summed E-state index contributed by atoms with van der Waals surface area (Å²) in [6.45, 7) is 7.43. The molecule has 2 rings (SSSR count). The number of nitrogens with zero attached hydrogens (tertiary/aromatic N) is 1. The lowest BCUT2D eigenvalue weighted by atomic mass is 9.87. The standard InChI is InChI=1S/C19H20N2O4S2/c1-4-8-25-19(23)16-12(3)21-18(27-11-15(22)24-5-2)13(10-20)17(16)14-7-6-9-26-14/h4,6-7,9,17,21H,1,5,8,11H2,2-3H3. The Hall–Kier alpha value is -2.50. The second-order valence-electron chi connectivity index (χ2n) is 5.45. The Morgan fingerprint density at radius 2 is 2.26 bits per heavy atom. The number of thioether (sulfide) groups is 1. The van der Waals surface area contributed by atoms with Crippen molar-refractivity contribution in [1.82, 2.24) is 5.32 Å². The molecule has 0 radical (unpaired) electrons. The van der Waals surface area contributed by atoms with Crippen molar-refractivity contribution in [1.29, 1.82) is 5.26 Å². The first-order valence-corrected chi connectivity index (χ1v) is 10.1. The van der Waals surface area contributed by atoms with Crippen molar-refractivity contribution in [2.24, 2.45) is 0 Å². The molecule has 0 amide bonds. The zero-order valence-corrected chi connectivity index (χ0v) is 16.7. The number of hydrogen-bond acceptors (Lipinski definition) is 8. The molecule has 2 heterocycles. The Morgan fingerprint density at radius 3 is 2.85 bits per heavy atom. The van der Waals surface area contributed by atoms with Crippen molar-refractivity contribution >= 4 is 35.0 Å². The van der Waals surface area contributed by atoms with Crippen LogP contribution < -0.4 is 5.32 Å². The summed E-state index contributed by atoms with van der Waals surface area (Å²) in [5.74, 6) is -1.33. The van der Waals surface area contributed by atoms with Gasteiger partial charge in [0.15, 0.2) is 0 Å². The molecule has 1 aliphatic heterocycles. The van der Waals surface area contributed by atoms with E-state index in [0.29, 0.717) is 28.5 Å². The van der Waals surface area contributed by atoms with Crippen LogP contribution in [0.2, 0.25) is 0 Å². The highest BCUT2D eigenvalue weighted by molar-refractivity contribution is 8.03.